The van der Waals surface area contributed by atoms with Crippen LogP contribution in [0, 0.1) is 0 Å². The first-order valence-electron chi connectivity index (χ1n) is 5.42. The van der Waals surface area contributed by atoms with E-state index < -0.39 is 5.97 Å². The van der Waals surface area contributed by atoms with Crippen LogP contribution in [0.25, 0.3) is 11.1 Å². The van der Waals surface area contributed by atoms with Gasteiger partial charge >= 0.3 is 5.97 Å². The van der Waals surface area contributed by atoms with E-state index >= 15 is 0 Å². The molecule has 0 spiro atoms. The van der Waals surface area contributed by atoms with E-state index in [-0.39, 0.29) is 12.2 Å². The standard InChI is InChI=1S/C12H13NO4/c1-2-6-16-7-10-13-11-8(12(14)15)4-3-5-9(11)17-10/h3-5H,2,6-7H2,1H3,(H,14,15). The smallest absolute Gasteiger partial charge is 0.338 e. The summed E-state index contributed by atoms with van der Waals surface area (Å²) in [5.41, 5.74) is 0.989. The summed E-state index contributed by atoms with van der Waals surface area (Å²) >= 11 is 0. The van der Waals surface area contributed by atoms with Gasteiger partial charge in [-0.15, -0.1) is 0 Å². The predicted molar refractivity (Wildman–Crippen MR) is 60.9 cm³/mol. The Bertz CT molecular complexity index is 532. The van der Waals surface area contributed by atoms with Crippen LogP contribution in [-0.2, 0) is 11.3 Å². The van der Waals surface area contributed by atoms with Crippen molar-refractivity contribution in [3.63, 3.8) is 0 Å². The molecule has 0 aliphatic heterocycles. The molecule has 1 heterocycles. The quantitative estimate of drug-likeness (QED) is 0.806. The van der Waals surface area contributed by atoms with Crippen LogP contribution in [0.3, 0.4) is 0 Å². The molecule has 0 atom stereocenters. The second-order valence-electron chi connectivity index (χ2n) is 3.62. The van der Waals surface area contributed by atoms with Gasteiger partial charge in [-0.2, -0.15) is 0 Å². The molecule has 5 heteroatoms. The number of para-hydroxylation sites is 1. The van der Waals surface area contributed by atoms with Crippen molar-refractivity contribution < 1.29 is 19.1 Å². The van der Waals surface area contributed by atoms with Gasteiger partial charge in [0.15, 0.2) is 5.58 Å². The molecule has 0 saturated carbocycles. The summed E-state index contributed by atoms with van der Waals surface area (Å²) in [5.74, 6) is -0.605. The predicted octanol–water partition coefficient (Wildman–Crippen LogP) is 2.45. The van der Waals surface area contributed by atoms with E-state index in [2.05, 4.69) is 4.98 Å². The van der Waals surface area contributed by atoms with Gasteiger partial charge in [0.1, 0.15) is 12.1 Å². The topological polar surface area (TPSA) is 72.6 Å². The monoisotopic (exact) mass is 235 g/mol. The van der Waals surface area contributed by atoms with Crippen molar-refractivity contribution in [2.75, 3.05) is 6.61 Å². The van der Waals surface area contributed by atoms with Gasteiger partial charge in [0, 0.05) is 6.61 Å². The van der Waals surface area contributed by atoms with E-state index in [1.54, 1.807) is 12.1 Å². The van der Waals surface area contributed by atoms with Crippen LogP contribution in [0.5, 0.6) is 0 Å². The summed E-state index contributed by atoms with van der Waals surface area (Å²) < 4.78 is 10.7. The maximum atomic E-state index is 11.0. The number of oxazole rings is 1. The zero-order valence-electron chi connectivity index (χ0n) is 9.47. The Morgan fingerprint density at radius 3 is 3.06 bits per heavy atom. The highest BCUT2D eigenvalue weighted by molar-refractivity contribution is 6.00. The lowest BCUT2D eigenvalue weighted by Crippen LogP contribution is -1.97. The summed E-state index contributed by atoms with van der Waals surface area (Å²) in [6.45, 7) is 2.90. The fraction of sp³-hybridized carbons (Fsp3) is 0.333. The van der Waals surface area contributed by atoms with Crippen LogP contribution in [0.2, 0.25) is 0 Å². The van der Waals surface area contributed by atoms with E-state index in [0.717, 1.165) is 6.42 Å². The number of nitrogens with zero attached hydrogens (tertiary/aromatic N) is 1. The average Bonchev–Trinajstić information content (AvgIpc) is 2.71. The first-order chi connectivity index (χ1) is 8.22. The average molecular weight is 235 g/mol. The highest BCUT2D eigenvalue weighted by Gasteiger charge is 2.13. The molecule has 0 saturated heterocycles. The van der Waals surface area contributed by atoms with Crippen LogP contribution in [0.15, 0.2) is 22.6 Å². The molecule has 2 rings (SSSR count). The zero-order valence-corrected chi connectivity index (χ0v) is 9.47. The minimum Gasteiger partial charge on any atom is -0.478 e. The lowest BCUT2D eigenvalue weighted by molar-refractivity contribution is 0.0698. The van der Waals surface area contributed by atoms with Crippen molar-refractivity contribution in [2.24, 2.45) is 0 Å². The minimum absolute atomic E-state index is 0.146. The molecule has 1 aromatic heterocycles. The summed E-state index contributed by atoms with van der Waals surface area (Å²) in [6.07, 6.45) is 0.917. The number of fused-ring (bicyclic) bond motifs is 1. The third kappa shape index (κ3) is 2.45. The number of benzene rings is 1. The van der Waals surface area contributed by atoms with Crippen molar-refractivity contribution in [2.45, 2.75) is 20.0 Å². The molecule has 90 valence electrons. The molecular weight excluding hydrogens is 222 g/mol. The molecule has 0 fully saturated rings. The zero-order chi connectivity index (χ0) is 12.3. The van der Waals surface area contributed by atoms with Gasteiger partial charge in [0.05, 0.1) is 5.56 Å². The largest absolute Gasteiger partial charge is 0.478 e. The summed E-state index contributed by atoms with van der Waals surface area (Å²) in [7, 11) is 0. The van der Waals surface area contributed by atoms with Crippen molar-refractivity contribution in [1.82, 2.24) is 4.98 Å². The first kappa shape index (κ1) is 11.6. The van der Waals surface area contributed by atoms with Gasteiger partial charge in [-0.25, -0.2) is 9.78 Å². The molecule has 0 aliphatic rings. The maximum absolute atomic E-state index is 11.0. The molecule has 1 N–H and O–H groups in total. The molecule has 17 heavy (non-hydrogen) atoms. The number of aromatic nitrogens is 1. The molecule has 0 unspecified atom stereocenters. The third-order valence-electron chi connectivity index (χ3n) is 2.27. The highest BCUT2D eigenvalue weighted by Crippen LogP contribution is 2.20. The molecule has 1 aromatic carbocycles. The van der Waals surface area contributed by atoms with E-state index in [0.29, 0.717) is 23.6 Å². The number of ether oxygens (including phenoxy) is 1. The van der Waals surface area contributed by atoms with Crippen LogP contribution in [0.4, 0.5) is 0 Å². The second kappa shape index (κ2) is 4.97. The van der Waals surface area contributed by atoms with Gasteiger partial charge < -0.3 is 14.3 Å². The van der Waals surface area contributed by atoms with E-state index in [9.17, 15) is 4.79 Å². The Morgan fingerprint density at radius 2 is 2.35 bits per heavy atom. The molecular formula is C12H13NO4. The Balaban J connectivity index is 2.30. The lowest BCUT2D eigenvalue weighted by Gasteiger charge is -1.96. The van der Waals surface area contributed by atoms with Gasteiger partial charge in [-0.05, 0) is 18.6 Å². The number of aromatic carboxylic acids is 1. The number of hydrogen-bond acceptors (Lipinski definition) is 4. The van der Waals surface area contributed by atoms with Crippen LogP contribution < -0.4 is 0 Å². The number of hydrogen-bond donors (Lipinski definition) is 1. The SMILES string of the molecule is CCCOCc1nc2c(C(=O)O)cccc2o1. The fourth-order valence-corrected chi connectivity index (χ4v) is 1.53. The van der Waals surface area contributed by atoms with Crippen LogP contribution in [0.1, 0.15) is 29.6 Å². The summed E-state index contributed by atoms with van der Waals surface area (Å²) in [4.78, 5) is 15.1. The summed E-state index contributed by atoms with van der Waals surface area (Å²) in [6, 6.07) is 4.83. The highest BCUT2D eigenvalue weighted by atomic mass is 16.5. The van der Waals surface area contributed by atoms with Crippen molar-refractivity contribution in [1.29, 1.82) is 0 Å². The van der Waals surface area contributed by atoms with Crippen LogP contribution in [-0.4, -0.2) is 22.7 Å². The van der Waals surface area contributed by atoms with Crippen molar-refractivity contribution in [3.05, 3.63) is 29.7 Å². The summed E-state index contributed by atoms with van der Waals surface area (Å²) in [5, 5.41) is 8.99. The van der Waals surface area contributed by atoms with E-state index in [1.165, 1.54) is 6.07 Å². The Labute approximate surface area is 98.0 Å². The molecule has 0 aliphatic carbocycles. The Hall–Kier alpha value is -1.88. The molecule has 5 nitrogen and oxygen atoms in total. The fourth-order valence-electron chi connectivity index (χ4n) is 1.53. The number of carbonyl (C=O) groups is 1. The number of carboxylic acids is 1. The lowest BCUT2D eigenvalue weighted by atomic mass is 10.2. The third-order valence-corrected chi connectivity index (χ3v) is 2.27. The number of carboxylic acid groups (broad SMARTS) is 1. The van der Waals surface area contributed by atoms with E-state index in [4.69, 9.17) is 14.3 Å². The first-order valence-corrected chi connectivity index (χ1v) is 5.42. The van der Waals surface area contributed by atoms with Crippen LogP contribution >= 0.6 is 0 Å². The second-order valence-corrected chi connectivity index (χ2v) is 3.62. The maximum Gasteiger partial charge on any atom is 0.338 e. The normalized spacial score (nSPS) is 10.9. The molecule has 0 bridgehead atoms. The molecule has 0 amide bonds. The Kier molecular flexibility index (Phi) is 3.39. The Morgan fingerprint density at radius 1 is 1.53 bits per heavy atom. The van der Waals surface area contributed by atoms with E-state index in [1.807, 2.05) is 6.92 Å². The number of rotatable bonds is 5. The van der Waals surface area contributed by atoms with Crippen molar-refractivity contribution >= 4 is 17.1 Å². The molecule has 2 aromatic rings. The minimum atomic E-state index is -1.01. The van der Waals surface area contributed by atoms with Gasteiger partial charge in [0.25, 0.3) is 0 Å². The van der Waals surface area contributed by atoms with Gasteiger partial charge in [-0.1, -0.05) is 13.0 Å². The van der Waals surface area contributed by atoms with Gasteiger partial charge in [0.2, 0.25) is 5.89 Å². The van der Waals surface area contributed by atoms with Crippen molar-refractivity contribution in [3.8, 4) is 0 Å². The molecule has 0 radical (unpaired) electrons. The van der Waals surface area contributed by atoms with Gasteiger partial charge in [-0.3, -0.25) is 0 Å².